The van der Waals surface area contributed by atoms with Crippen LogP contribution in [0.3, 0.4) is 0 Å². The van der Waals surface area contributed by atoms with Crippen LogP contribution in [0.15, 0.2) is 36.4 Å². The van der Waals surface area contributed by atoms with Gasteiger partial charge >= 0.3 is 0 Å². The molecule has 2 heteroatoms. The predicted octanol–water partition coefficient (Wildman–Crippen LogP) is 5.34. The maximum atomic E-state index is 11.9. The maximum absolute atomic E-state index is 11.9. The Balaban J connectivity index is 2.46. The standard InChI is InChI=1S/C22H32O2/c1-21(2,3)16-15-18-9-7-17(8-10-18)11-12-19(23)13-14-20(24)22(4,5)6/h7-10,13-14H,11-12,15-16H2,1-6H3/b14-13-. The van der Waals surface area contributed by atoms with E-state index in [-0.39, 0.29) is 11.6 Å². The number of hydrogen-bond acceptors (Lipinski definition) is 2. The van der Waals surface area contributed by atoms with E-state index >= 15 is 0 Å². The predicted molar refractivity (Wildman–Crippen MR) is 101 cm³/mol. The number of ketones is 2. The first-order chi connectivity index (χ1) is 11.0. The van der Waals surface area contributed by atoms with E-state index in [2.05, 4.69) is 45.0 Å². The fourth-order valence-corrected chi connectivity index (χ4v) is 2.16. The Hall–Kier alpha value is -1.70. The largest absolute Gasteiger partial charge is 0.295 e. The van der Waals surface area contributed by atoms with E-state index in [1.165, 1.54) is 23.3 Å². The highest BCUT2D eigenvalue weighted by atomic mass is 16.1. The van der Waals surface area contributed by atoms with Gasteiger partial charge in [-0.15, -0.1) is 0 Å². The van der Waals surface area contributed by atoms with Crippen molar-refractivity contribution in [3.63, 3.8) is 0 Å². The number of benzene rings is 1. The van der Waals surface area contributed by atoms with Gasteiger partial charge in [-0.2, -0.15) is 0 Å². The van der Waals surface area contributed by atoms with Crippen LogP contribution in [-0.2, 0) is 22.4 Å². The summed E-state index contributed by atoms with van der Waals surface area (Å²) in [7, 11) is 0. The smallest absolute Gasteiger partial charge is 0.161 e. The van der Waals surface area contributed by atoms with Gasteiger partial charge in [-0.3, -0.25) is 9.59 Å². The van der Waals surface area contributed by atoms with E-state index in [0.717, 1.165) is 12.8 Å². The van der Waals surface area contributed by atoms with Crippen molar-refractivity contribution in [1.29, 1.82) is 0 Å². The number of hydrogen-bond donors (Lipinski definition) is 0. The number of aryl methyl sites for hydroxylation is 2. The Labute approximate surface area is 147 Å². The number of rotatable bonds is 7. The molecule has 24 heavy (non-hydrogen) atoms. The molecule has 1 aromatic carbocycles. The van der Waals surface area contributed by atoms with Crippen molar-refractivity contribution in [2.24, 2.45) is 10.8 Å². The molecule has 0 radical (unpaired) electrons. The number of carbonyl (C=O) groups excluding carboxylic acids is 2. The minimum absolute atomic E-state index is 0.00408. The molecule has 0 spiro atoms. The number of carbonyl (C=O) groups is 2. The molecule has 0 aromatic heterocycles. The lowest BCUT2D eigenvalue weighted by Crippen LogP contribution is -2.17. The molecule has 1 rings (SSSR count). The highest BCUT2D eigenvalue weighted by molar-refractivity contribution is 6.00. The van der Waals surface area contributed by atoms with Crippen molar-refractivity contribution in [3.8, 4) is 0 Å². The molecule has 0 N–H and O–H groups in total. The Bertz CT molecular complexity index is 578. The molecular formula is C22H32O2. The van der Waals surface area contributed by atoms with Crippen molar-refractivity contribution < 1.29 is 9.59 Å². The molecular weight excluding hydrogens is 296 g/mol. The monoisotopic (exact) mass is 328 g/mol. The van der Waals surface area contributed by atoms with Gasteiger partial charge in [0, 0.05) is 11.8 Å². The van der Waals surface area contributed by atoms with Crippen LogP contribution in [0.4, 0.5) is 0 Å². The Morgan fingerprint density at radius 1 is 0.833 bits per heavy atom. The topological polar surface area (TPSA) is 34.1 Å². The van der Waals surface area contributed by atoms with Crippen molar-refractivity contribution >= 4 is 11.6 Å². The Morgan fingerprint density at radius 2 is 1.33 bits per heavy atom. The Morgan fingerprint density at radius 3 is 1.79 bits per heavy atom. The lowest BCUT2D eigenvalue weighted by Gasteiger charge is -2.17. The summed E-state index contributed by atoms with van der Waals surface area (Å²) in [4.78, 5) is 23.7. The molecule has 0 saturated heterocycles. The molecule has 0 amide bonds. The van der Waals surface area contributed by atoms with Gasteiger partial charge in [0.05, 0.1) is 0 Å². The van der Waals surface area contributed by atoms with Gasteiger partial charge in [0.25, 0.3) is 0 Å². The van der Waals surface area contributed by atoms with E-state index in [0.29, 0.717) is 18.3 Å². The molecule has 0 unspecified atom stereocenters. The average Bonchev–Trinajstić information content (AvgIpc) is 2.47. The Kier molecular flexibility index (Phi) is 7.13. The summed E-state index contributed by atoms with van der Waals surface area (Å²) in [6.45, 7) is 12.3. The molecule has 0 bridgehead atoms. The first kappa shape index (κ1) is 20.3. The molecule has 0 saturated carbocycles. The van der Waals surface area contributed by atoms with Crippen molar-refractivity contribution in [1.82, 2.24) is 0 Å². The quantitative estimate of drug-likeness (QED) is 0.633. The van der Waals surface area contributed by atoms with Crippen LogP contribution in [0, 0.1) is 10.8 Å². The lowest BCUT2D eigenvalue weighted by atomic mass is 9.88. The van der Waals surface area contributed by atoms with Gasteiger partial charge in [-0.25, -0.2) is 0 Å². The molecule has 0 aliphatic rings. The molecule has 132 valence electrons. The van der Waals surface area contributed by atoms with Crippen LogP contribution in [0.1, 0.15) is 65.5 Å². The summed E-state index contributed by atoms with van der Waals surface area (Å²) in [6.07, 6.45) is 6.24. The summed E-state index contributed by atoms with van der Waals surface area (Å²) in [6, 6.07) is 8.53. The second kappa shape index (κ2) is 8.41. The first-order valence-corrected chi connectivity index (χ1v) is 8.80. The molecule has 0 atom stereocenters. The summed E-state index contributed by atoms with van der Waals surface area (Å²) >= 11 is 0. The van der Waals surface area contributed by atoms with Crippen LogP contribution < -0.4 is 0 Å². The SMILES string of the molecule is CC(C)(C)CCc1ccc(CCC(=O)/C=C\C(=O)C(C)(C)C)cc1. The first-order valence-electron chi connectivity index (χ1n) is 8.80. The fraction of sp³-hybridized carbons (Fsp3) is 0.545. The van der Waals surface area contributed by atoms with Crippen LogP contribution in [0.5, 0.6) is 0 Å². The maximum Gasteiger partial charge on any atom is 0.161 e. The van der Waals surface area contributed by atoms with Crippen LogP contribution in [-0.4, -0.2) is 11.6 Å². The van der Waals surface area contributed by atoms with Gasteiger partial charge in [0.15, 0.2) is 11.6 Å². The zero-order chi connectivity index (χ0) is 18.4. The van der Waals surface area contributed by atoms with Gasteiger partial charge < -0.3 is 0 Å². The highest BCUT2D eigenvalue weighted by Gasteiger charge is 2.18. The van der Waals surface area contributed by atoms with Crippen LogP contribution in [0.2, 0.25) is 0 Å². The van der Waals surface area contributed by atoms with E-state index in [1.807, 2.05) is 20.8 Å². The summed E-state index contributed by atoms with van der Waals surface area (Å²) in [5.74, 6) is -0.0107. The molecule has 1 aromatic rings. The van der Waals surface area contributed by atoms with Crippen LogP contribution >= 0.6 is 0 Å². The van der Waals surface area contributed by atoms with Crippen molar-refractivity contribution in [2.45, 2.75) is 67.2 Å². The second-order valence-electron chi connectivity index (χ2n) is 8.79. The summed E-state index contributed by atoms with van der Waals surface area (Å²) in [5.41, 5.74) is 2.43. The zero-order valence-electron chi connectivity index (χ0n) is 16.1. The summed E-state index contributed by atoms with van der Waals surface area (Å²) in [5, 5.41) is 0. The van der Waals surface area contributed by atoms with E-state index in [9.17, 15) is 9.59 Å². The lowest BCUT2D eigenvalue weighted by molar-refractivity contribution is -0.122. The van der Waals surface area contributed by atoms with Gasteiger partial charge in [-0.1, -0.05) is 65.8 Å². The normalized spacial score (nSPS) is 12.6. The van der Waals surface area contributed by atoms with E-state index < -0.39 is 5.41 Å². The minimum atomic E-state index is -0.431. The van der Waals surface area contributed by atoms with Gasteiger partial charge in [0.2, 0.25) is 0 Å². The van der Waals surface area contributed by atoms with Gasteiger partial charge in [0.1, 0.15) is 0 Å². The fourth-order valence-electron chi connectivity index (χ4n) is 2.16. The molecule has 0 heterocycles. The highest BCUT2D eigenvalue weighted by Crippen LogP contribution is 2.21. The number of allylic oxidation sites excluding steroid dienone is 2. The third-order valence-electron chi connectivity index (χ3n) is 4.01. The molecule has 0 aliphatic heterocycles. The third kappa shape index (κ3) is 8.24. The van der Waals surface area contributed by atoms with Crippen LogP contribution in [0.25, 0.3) is 0 Å². The molecule has 2 nitrogen and oxygen atoms in total. The minimum Gasteiger partial charge on any atom is -0.295 e. The second-order valence-corrected chi connectivity index (χ2v) is 8.79. The van der Waals surface area contributed by atoms with Gasteiger partial charge in [-0.05, 0) is 48.0 Å². The van der Waals surface area contributed by atoms with E-state index in [4.69, 9.17) is 0 Å². The molecule has 0 fully saturated rings. The molecule has 0 aliphatic carbocycles. The van der Waals surface area contributed by atoms with Crippen molar-refractivity contribution in [3.05, 3.63) is 47.5 Å². The zero-order valence-corrected chi connectivity index (χ0v) is 16.1. The van der Waals surface area contributed by atoms with Crippen molar-refractivity contribution in [2.75, 3.05) is 0 Å². The third-order valence-corrected chi connectivity index (χ3v) is 4.01. The summed E-state index contributed by atoms with van der Waals surface area (Å²) < 4.78 is 0. The van der Waals surface area contributed by atoms with E-state index in [1.54, 1.807) is 0 Å². The average molecular weight is 328 g/mol.